The van der Waals surface area contributed by atoms with Crippen LogP contribution in [0.3, 0.4) is 0 Å². The molecule has 0 fully saturated rings. The van der Waals surface area contributed by atoms with Crippen LogP contribution in [0.4, 0.5) is 4.39 Å². The van der Waals surface area contributed by atoms with Crippen molar-refractivity contribution in [1.29, 1.82) is 0 Å². The average molecular weight is 308 g/mol. The van der Waals surface area contributed by atoms with Crippen molar-refractivity contribution in [1.82, 2.24) is 10.6 Å². The molecule has 0 saturated heterocycles. The van der Waals surface area contributed by atoms with E-state index in [4.69, 9.17) is 0 Å². The molecule has 0 spiro atoms. The molecule has 5 heteroatoms. The number of carbonyl (C=O) groups is 2. The number of benzene rings is 1. The van der Waals surface area contributed by atoms with E-state index >= 15 is 0 Å². The van der Waals surface area contributed by atoms with E-state index in [2.05, 4.69) is 10.6 Å². The number of amides is 2. The van der Waals surface area contributed by atoms with Crippen molar-refractivity contribution >= 4 is 11.8 Å². The van der Waals surface area contributed by atoms with Gasteiger partial charge in [-0.2, -0.15) is 0 Å². The molecule has 0 saturated carbocycles. The highest BCUT2D eigenvalue weighted by atomic mass is 19.1. The molecule has 0 aliphatic heterocycles. The van der Waals surface area contributed by atoms with Crippen LogP contribution in [0.5, 0.6) is 0 Å². The van der Waals surface area contributed by atoms with Crippen molar-refractivity contribution in [3.8, 4) is 0 Å². The number of rotatable bonds is 7. The van der Waals surface area contributed by atoms with E-state index in [1.165, 1.54) is 18.2 Å². The molecule has 0 unspecified atom stereocenters. The first-order valence-electron chi connectivity index (χ1n) is 7.76. The molecular weight excluding hydrogens is 283 g/mol. The van der Waals surface area contributed by atoms with E-state index in [1.807, 2.05) is 27.7 Å². The molecule has 0 heterocycles. The molecule has 22 heavy (non-hydrogen) atoms. The van der Waals surface area contributed by atoms with Gasteiger partial charge in [-0.15, -0.1) is 0 Å². The Morgan fingerprint density at radius 3 is 2.18 bits per heavy atom. The van der Waals surface area contributed by atoms with Crippen molar-refractivity contribution in [3.05, 3.63) is 35.6 Å². The van der Waals surface area contributed by atoms with Crippen molar-refractivity contribution in [3.63, 3.8) is 0 Å². The van der Waals surface area contributed by atoms with Gasteiger partial charge in [0.25, 0.3) is 5.91 Å². The molecule has 1 rings (SSSR count). The van der Waals surface area contributed by atoms with Crippen molar-refractivity contribution in [2.75, 3.05) is 0 Å². The summed E-state index contributed by atoms with van der Waals surface area (Å²) in [7, 11) is 0. The van der Waals surface area contributed by atoms with Crippen molar-refractivity contribution < 1.29 is 14.0 Å². The Bertz CT molecular complexity index is 513. The van der Waals surface area contributed by atoms with Crippen LogP contribution in [0.2, 0.25) is 0 Å². The van der Waals surface area contributed by atoms with E-state index < -0.39 is 17.8 Å². The molecule has 1 aromatic carbocycles. The summed E-state index contributed by atoms with van der Waals surface area (Å²) in [6.45, 7) is 7.69. The van der Waals surface area contributed by atoms with Crippen LogP contribution in [-0.2, 0) is 4.79 Å². The second-order valence-electron chi connectivity index (χ2n) is 5.70. The molecular formula is C17H25FN2O2. The maximum Gasteiger partial charge on any atom is 0.254 e. The summed E-state index contributed by atoms with van der Waals surface area (Å²) >= 11 is 0. The lowest BCUT2D eigenvalue weighted by atomic mass is 10.0. The molecule has 122 valence electrons. The van der Waals surface area contributed by atoms with Gasteiger partial charge in [-0.3, -0.25) is 9.59 Å². The van der Waals surface area contributed by atoms with Gasteiger partial charge >= 0.3 is 0 Å². The number of halogens is 1. The van der Waals surface area contributed by atoms with Crippen LogP contribution in [0.1, 0.15) is 50.9 Å². The quantitative estimate of drug-likeness (QED) is 0.813. The van der Waals surface area contributed by atoms with E-state index in [9.17, 15) is 14.0 Å². The Labute approximate surface area is 131 Å². The average Bonchev–Trinajstić information content (AvgIpc) is 2.49. The number of carbonyl (C=O) groups excluding carboxylic acids is 2. The summed E-state index contributed by atoms with van der Waals surface area (Å²) in [4.78, 5) is 24.5. The van der Waals surface area contributed by atoms with Crippen LogP contribution < -0.4 is 10.6 Å². The highest BCUT2D eigenvalue weighted by Crippen LogP contribution is 2.09. The summed E-state index contributed by atoms with van der Waals surface area (Å²) in [5.41, 5.74) is -0.0523. The lowest BCUT2D eigenvalue weighted by molar-refractivity contribution is -0.124. The lowest BCUT2D eigenvalue weighted by Crippen LogP contribution is -2.52. The third-order valence-electron chi connectivity index (χ3n) is 3.69. The zero-order valence-electron chi connectivity index (χ0n) is 13.7. The molecule has 1 atom stereocenters. The Morgan fingerprint density at radius 1 is 1.09 bits per heavy atom. The fourth-order valence-electron chi connectivity index (χ4n) is 2.18. The smallest absolute Gasteiger partial charge is 0.254 e. The number of hydrogen-bond acceptors (Lipinski definition) is 2. The minimum atomic E-state index is -0.687. The normalized spacial score (nSPS) is 12.3. The zero-order chi connectivity index (χ0) is 16.7. The SMILES string of the molecule is CCC(CC)NC(=O)[C@@H](NC(=O)c1ccccc1F)C(C)C. The first-order valence-corrected chi connectivity index (χ1v) is 7.76. The van der Waals surface area contributed by atoms with Gasteiger partial charge in [0.2, 0.25) is 5.91 Å². The first-order chi connectivity index (χ1) is 10.4. The minimum absolute atomic E-state index is 0.0523. The Kier molecular flexibility index (Phi) is 7.02. The summed E-state index contributed by atoms with van der Waals surface area (Å²) in [5.74, 6) is -1.49. The number of nitrogens with one attached hydrogen (secondary N) is 2. The standard InChI is InChI=1S/C17H25FN2O2/c1-5-12(6-2)19-17(22)15(11(3)4)20-16(21)13-9-7-8-10-14(13)18/h7-12,15H,5-6H2,1-4H3,(H,19,22)(H,20,21)/t15-/m0/s1. The first kappa shape index (κ1) is 18.1. The van der Waals surface area contributed by atoms with Crippen molar-refractivity contribution in [2.45, 2.75) is 52.6 Å². The predicted molar refractivity (Wildman–Crippen MR) is 85.0 cm³/mol. The van der Waals surface area contributed by atoms with Crippen LogP contribution in [0, 0.1) is 11.7 Å². The van der Waals surface area contributed by atoms with E-state index in [1.54, 1.807) is 6.07 Å². The zero-order valence-corrected chi connectivity index (χ0v) is 13.7. The maximum atomic E-state index is 13.7. The van der Waals surface area contributed by atoms with Gasteiger partial charge < -0.3 is 10.6 Å². The predicted octanol–water partition coefficient (Wildman–Crippen LogP) is 2.88. The topological polar surface area (TPSA) is 58.2 Å². The Morgan fingerprint density at radius 2 is 1.68 bits per heavy atom. The van der Waals surface area contributed by atoms with Crippen LogP contribution in [0.25, 0.3) is 0 Å². The Hall–Kier alpha value is -1.91. The minimum Gasteiger partial charge on any atom is -0.352 e. The Balaban J connectivity index is 2.82. The van der Waals surface area contributed by atoms with Gasteiger partial charge in [0.15, 0.2) is 0 Å². The van der Waals surface area contributed by atoms with Gasteiger partial charge in [0.05, 0.1) is 5.56 Å². The maximum absolute atomic E-state index is 13.7. The summed E-state index contributed by atoms with van der Waals surface area (Å²) in [5, 5.41) is 5.56. The summed E-state index contributed by atoms with van der Waals surface area (Å²) in [6, 6.07) is 5.13. The highest BCUT2D eigenvalue weighted by molar-refractivity contribution is 5.97. The largest absolute Gasteiger partial charge is 0.352 e. The van der Waals surface area contributed by atoms with Crippen LogP contribution in [0.15, 0.2) is 24.3 Å². The monoisotopic (exact) mass is 308 g/mol. The van der Waals surface area contributed by atoms with Gasteiger partial charge in [-0.05, 0) is 30.9 Å². The molecule has 2 N–H and O–H groups in total. The van der Waals surface area contributed by atoms with Crippen molar-refractivity contribution in [2.24, 2.45) is 5.92 Å². The van der Waals surface area contributed by atoms with Gasteiger partial charge in [-0.25, -0.2) is 4.39 Å². The van der Waals surface area contributed by atoms with Gasteiger partial charge in [0.1, 0.15) is 11.9 Å². The van der Waals surface area contributed by atoms with Gasteiger partial charge in [0, 0.05) is 6.04 Å². The molecule has 0 aliphatic rings. The van der Waals surface area contributed by atoms with E-state index in [-0.39, 0.29) is 23.4 Å². The molecule has 0 bridgehead atoms. The third-order valence-corrected chi connectivity index (χ3v) is 3.69. The molecule has 2 amide bonds. The number of hydrogen-bond donors (Lipinski definition) is 2. The fraction of sp³-hybridized carbons (Fsp3) is 0.529. The third kappa shape index (κ3) is 4.83. The van der Waals surface area contributed by atoms with Crippen LogP contribution in [-0.4, -0.2) is 23.9 Å². The lowest BCUT2D eigenvalue weighted by Gasteiger charge is -2.24. The fourth-order valence-corrected chi connectivity index (χ4v) is 2.18. The highest BCUT2D eigenvalue weighted by Gasteiger charge is 2.26. The van der Waals surface area contributed by atoms with Gasteiger partial charge in [-0.1, -0.05) is 39.8 Å². The van der Waals surface area contributed by atoms with E-state index in [0.717, 1.165) is 12.8 Å². The van der Waals surface area contributed by atoms with E-state index in [0.29, 0.717) is 0 Å². The summed E-state index contributed by atoms with van der Waals surface area (Å²) < 4.78 is 13.7. The molecule has 0 aromatic heterocycles. The molecule has 0 radical (unpaired) electrons. The molecule has 4 nitrogen and oxygen atoms in total. The second-order valence-corrected chi connectivity index (χ2v) is 5.70. The summed E-state index contributed by atoms with van der Waals surface area (Å²) in [6.07, 6.45) is 1.66. The molecule has 1 aromatic rings. The molecule has 0 aliphatic carbocycles. The van der Waals surface area contributed by atoms with Crippen LogP contribution >= 0.6 is 0 Å². The second kappa shape index (κ2) is 8.51.